The smallest absolute Gasteiger partial charge is 0.271 e. The average Bonchev–Trinajstić information content (AvgIpc) is 2.46. The fraction of sp³-hybridized carbons (Fsp3) is 0.143. The number of anilines is 2. The van der Waals surface area contributed by atoms with E-state index < -0.39 is 4.92 Å². The molecule has 0 fully saturated rings. The minimum Gasteiger partial charge on any atom is -0.496 e. The van der Waals surface area contributed by atoms with Crippen molar-refractivity contribution in [1.29, 1.82) is 0 Å². The molecule has 0 saturated heterocycles. The van der Waals surface area contributed by atoms with Crippen LogP contribution in [0.4, 0.5) is 17.1 Å². The van der Waals surface area contributed by atoms with Crippen LogP contribution in [-0.4, -0.2) is 12.0 Å². The number of nitrogens with two attached hydrogens (primary N) is 1. The molecule has 7 heteroatoms. The predicted octanol–water partition coefficient (Wildman–Crippen LogP) is 3.45. The summed E-state index contributed by atoms with van der Waals surface area (Å²) in [4.78, 5) is 10.2. The van der Waals surface area contributed by atoms with Crippen LogP contribution in [0.2, 0.25) is 5.02 Å². The van der Waals surface area contributed by atoms with Gasteiger partial charge in [-0.15, -0.1) is 0 Å². The number of hydrogen-bond donors (Lipinski definition) is 2. The average molecular weight is 308 g/mol. The van der Waals surface area contributed by atoms with Crippen LogP contribution in [0, 0.1) is 10.1 Å². The molecule has 0 atom stereocenters. The van der Waals surface area contributed by atoms with Gasteiger partial charge >= 0.3 is 0 Å². The molecule has 0 amide bonds. The van der Waals surface area contributed by atoms with Crippen molar-refractivity contribution in [3.63, 3.8) is 0 Å². The molecule has 2 rings (SSSR count). The molecule has 0 aliphatic rings. The Labute approximate surface area is 126 Å². The number of ether oxygens (including phenoxy) is 1. The van der Waals surface area contributed by atoms with E-state index in [9.17, 15) is 10.1 Å². The van der Waals surface area contributed by atoms with Crippen molar-refractivity contribution in [2.45, 2.75) is 6.54 Å². The Hall–Kier alpha value is -2.47. The van der Waals surface area contributed by atoms with Crippen molar-refractivity contribution >= 4 is 28.7 Å². The number of non-ortho nitro benzene ring substituents is 1. The van der Waals surface area contributed by atoms with Crippen LogP contribution in [0.5, 0.6) is 5.75 Å². The standard InChI is InChI=1S/C14H14ClN3O3/c1-21-14-4-2-3-11(15)10(14)8-17-13-6-5-9(18(19)20)7-12(13)16/h2-7,17H,8,16H2,1H3. The lowest BCUT2D eigenvalue weighted by Gasteiger charge is -2.13. The minimum absolute atomic E-state index is 0.0478. The number of nitrogens with zero attached hydrogens (tertiary/aromatic N) is 1. The first-order valence-corrected chi connectivity index (χ1v) is 6.50. The first kappa shape index (κ1) is 14.9. The highest BCUT2D eigenvalue weighted by molar-refractivity contribution is 6.31. The van der Waals surface area contributed by atoms with Gasteiger partial charge in [0.15, 0.2) is 0 Å². The third kappa shape index (κ3) is 3.35. The molecule has 0 heterocycles. The van der Waals surface area contributed by atoms with Gasteiger partial charge in [0.05, 0.1) is 23.4 Å². The van der Waals surface area contributed by atoms with Crippen molar-refractivity contribution in [3.8, 4) is 5.75 Å². The molecule has 0 radical (unpaired) electrons. The van der Waals surface area contributed by atoms with Gasteiger partial charge in [-0.1, -0.05) is 17.7 Å². The third-order valence-electron chi connectivity index (χ3n) is 3.00. The van der Waals surface area contributed by atoms with Gasteiger partial charge in [-0.2, -0.15) is 0 Å². The van der Waals surface area contributed by atoms with E-state index in [1.54, 1.807) is 25.3 Å². The highest BCUT2D eigenvalue weighted by atomic mass is 35.5. The number of hydrogen-bond acceptors (Lipinski definition) is 5. The van der Waals surface area contributed by atoms with Crippen molar-refractivity contribution in [2.24, 2.45) is 0 Å². The van der Waals surface area contributed by atoms with Gasteiger partial charge in [-0.3, -0.25) is 10.1 Å². The van der Waals surface area contributed by atoms with Crippen LogP contribution in [0.25, 0.3) is 0 Å². The molecule has 110 valence electrons. The maximum Gasteiger partial charge on any atom is 0.271 e. The lowest BCUT2D eigenvalue weighted by Crippen LogP contribution is -2.05. The second-order valence-electron chi connectivity index (χ2n) is 4.30. The first-order chi connectivity index (χ1) is 10.0. The zero-order valence-electron chi connectivity index (χ0n) is 11.3. The normalized spacial score (nSPS) is 10.2. The highest BCUT2D eigenvalue weighted by Gasteiger charge is 2.11. The van der Waals surface area contributed by atoms with Gasteiger partial charge in [0, 0.05) is 29.3 Å². The molecule has 0 bridgehead atoms. The van der Waals surface area contributed by atoms with Crippen LogP contribution in [0.1, 0.15) is 5.56 Å². The zero-order chi connectivity index (χ0) is 15.4. The van der Waals surface area contributed by atoms with Crippen molar-refractivity contribution < 1.29 is 9.66 Å². The van der Waals surface area contributed by atoms with E-state index in [0.717, 1.165) is 5.56 Å². The molecular formula is C14H14ClN3O3. The second-order valence-corrected chi connectivity index (χ2v) is 4.71. The summed E-state index contributed by atoms with van der Waals surface area (Å²) in [7, 11) is 1.56. The molecule has 2 aromatic rings. The highest BCUT2D eigenvalue weighted by Crippen LogP contribution is 2.29. The second kappa shape index (κ2) is 6.32. The van der Waals surface area contributed by atoms with Gasteiger partial charge in [0.1, 0.15) is 5.75 Å². The Bertz CT molecular complexity index is 677. The Morgan fingerprint density at radius 1 is 1.38 bits per heavy atom. The Morgan fingerprint density at radius 2 is 2.14 bits per heavy atom. The Morgan fingerprint density at radius 3 is 2.76 bits per heavy atom. The largest absolute Gasteiger partial charge is 0.496 e. The maximum atomic E-state index is 10.7. The van der Waals surface area contributed by atoms with Crippen molar-refractivity contribution in [3.05, 3.63) is 57.1 Å². The lowest BCUT2D eigenvalue weighted by molar-refractivity contribution is -0.384. The molecule has 2 aromatic carbocycles. The van der Waals surface area contributed by atoms with E-state index in [0.29, 0.717) is 28.7 Å². The van der Waals surface area contributed by atoms with Gasteiger partial charge < -0.3 is 15.8 Å². The van der Waals surface area contributed by atoms with Gasteiger partial charge in [-0.25, -0.2) is 0 Å². The number of nitro groups is 1. The summed E-state index contributed by atoms with van der Waals surface area (Å²) < 4.78 is 5.25. The third-order valence-corrected chi connectivity index (χ3v) is 3.35. The zero-order valence-corrected chi connectivity index (χ0v) is 12.1. The maximum absolute atomic E-state index is 10.7. The molecule has 0 aromatic heterocycles. The van der Waals surface area contributed by atoms with Gasteiger partial charge in [0.2, 0.25) is 0 Å². The number of benzene rings is 2. The molecule has 3 N–H and O–H groups in total. The molecule has 0 aliphatic carbocycles. The summed E-state index contributed by atoms with van der Waals surface area (Å²) >= 11 is 6.14. The number of nitrogen functional groups attached to an aromatic ring is 1. The number of nitrogens with one attached hydrogen (secondary N) is 1. The molecular weight excluding hydrogens is 294 g/mol. The van der Waals surface area contributed by atoms with Crippen molar-refractivity contribution in [2.75, 3.05) is 18.2 Å². The Kier molecular flexibility index (Phi) is 4.49. The molecule has 0 unspecified atom stereocenters. The SMILES string of the molecule is COc1cccc(Cl)c1CNc1ccc([N+](=O)[O-])cc1N. The van der Waals surface area contributed by atoms with Crippen LogP contribution in [-0.2, 0) is 6.54 Å². The van der Waals surface area contributed by atoms with E-state index in [-0.39, 0.29) is 5.69 Å². The van der Waals surface area contributed by atoms with Crippen molar-refractivity contribution in [1.82, 2.24) is 0 Å². The van der Waals surface area contributed by atoms with E-state index in [1.807, 2.05) is 6.07 Å². The van der Waals surface area contributed by atoms with E-state index in [1.165, 1.54) is 12.1 Å². The summed E-state index contributed by atoms with van der Waals surface area (Å²) in [6.45, 7) is 0.394. The van der Waals surface area contributed by atoms with Crippen LogP contribution in [0.15, 0.2) is 36.4 Å². The lowest BCUT2D eigenvalue weighted by atomic mass is 10.2. The number of methoxy groups -OCH3 is 1. The summed E-state index contributed by atoms with van der Waals surface area (Å²) in [5, 5.41) is 14.3. The van der Waals surface area contributed by atoms with Crippen LogP contribution < -0.4 is 15.8 Å². The van der Waals surface area contributed by atoms with E-state index in [4.69, 9.17) is 22.1 Å². The molecule has 0 aliphatic heterocycles. The first-order valence-electron chi connectivity index (χ1n) is 6.12. The number of halogens is 1. The minimum atomic E-state index is -0.489. The molecule has 21 heavy (non-hydrogen) atoms. The van der Waals surface area contributed by atoms with E-state index in [2.05, 4.69) is 5.32 Å². The van der Waals surface area contributed by atoms with Gasteiger partial charge in [-0.05, 0) is 18.2 Å². The summed E-state index contributed by atoms with van der Waals surface area (Å²) in [6, 6.07) is 9.64. The van der Waals surface area contributed by atoms with Crippen LogP contribution in [0.3, 0.4) is 0 Å². The number of rotatable bonds is 5. The summed E-state index contributed by atoms with van der Waals surface area (Å²) in [6.07, 6.45) is 0. The van der Waals surface area contributed by atoms with E-state index >= 15 is 0 Å². The molecule has 0 saturated carbocycles. The molecule has 0 spiro atoms. The summed E-state index contributed by atoms with van der Waals surface area (Å²) in [5.41, 5.74) is 7.44. The Balaban J connectivity index is 2.19. The quantitative estimate of drug-likeness (QED) is 0.501. The van der Waals surface area contributed by atoms with Gasteiger partial charge in [0.25, 0.3) is 5.69 Å². The fourth-order valence-electron chi connectivity index (χ4n) is 1.91. The monoisotopic (exact) mass is 307 g/mol. The summed E-state index contributed by atoms with van der Waals surface area (Å²) in [5.74, 6) is 0.662. The van der Waals surface area contributed by atoms with Crippen LogP contribution >= 0.6 is 11.6 Å². The predicted molar refractivity (Wildman–Crippen MR) is 82.8 cm³/mol. The molecule has 6 nitrogen and oxygen atoms in total. The fourth-order valence-corrected chi connectivity index (χ4v) is 2.14. The number of nitro benzene ring substituents is 1. The topological polar surface area (TPSA) is 90.4 Å².